The van der Waals surface area contributed by atoms with Gasteiger partial charge >= 0.3 is 0 Å². The second-order valence-electron chi connectivity index (χ2n) is 4.12. The van der Waals surface area contributed by atoms with Gasteiger partial charge in [0.05, 0.1) is 11.0 Å². The second-order valence-corrected chi connectivity index (χ2v) is 5.19. The number of aromatic nitrogens is 2. The smallest absolute Gasteiger partial charge is 0.273 e. The average Bonchev–Trinajstić information content (AvgIpc) is 2.84. The lowest BCUT2D eigenvalue weighted by atomic mass is 10.1. The minimum Gasteiger partial charge on any atom is -0.334 e. The third-order valence-electron chi connectivity index (χ3n) is 2.93. The Kier molecular flexibility index (Phi) is 3.72. The SMILES string of the molecule is Cc1nc(C(=O)N(C)[C@H](C)c2ccncc2)cs1. The van der Waals surface area contributed by atoms with Gasteiger partial charge in [-0.3, -0.25) is 9.78 Å². The number of thiazole rings is 1. The summed E-state index contributed by atoms with van der Waals surface area (Å²) in [5, 5.41) is 2.70. The van der Waals surface area contributed by atoms with Crippen LogP contribution < -0.4 is 0 Å². The van der Waals surface area contributed by atoms with Gasteiger partial charge in [0.2, 0.25) is 0 Å². The van der Waals surface area contributed by atoms with E-state index in [0.717, 1.165) is 10.6 Å². The zero-order valence-electron chi connectivity index (χ0n) is 10.6. The fourth-order valence-electron chi connectivity index (χ4n) is 1.68. The van der Waals surface area contributed by atoms with E-state index < -0.39 is 0 Å². The van der Waals surface area contributed by atoms with E-state index in [4.69, 9.17) is 0 Å². The van der Waals surface area contributed by atoms with Gasteiger partial charge < -0.3 is 4.90 Å². The topological polar surface area (TPSA) is 46.1 Å². The number of carbonyl (C=O) groups is 1. The van der Waals surface area contributed by atoms with Crippen LogP contribution in [-0.4, -0.2) is 27.8 Å². The molecule has 1 amide bonds. The highest BCUT2D eigenvalue weighted by Gasteiger charge is 2.20. The number of pyridine rings is 1. The Hall–Kier alpha value is -1.75. The fourth-order valence-corrected chi connectivity index (χ4v) is 2.27. The normalized spacial score (nSPS) is 12.2. The molecule has 0 N–H and O–H groups in total. The van der Waals surface area contributed by atoms with Gasteiger partial charge in [0.25, 0.3) is 5.91 Å². The molecule has 0 aromatic carbocycles. The summed E-state index contributed by atoms with van der Waals surface area (Å²) in [6.45, 7) is 3.89. The summed E-state index contributed by atoms with van der Waals surface area (Å²) in [5.41, 5.74) is 1.58. The van der Waals surface area contributed by atoms with Crippen LogP contribution in [0, 0.1) is 6.92 Å². The number of carbonyl (C=O) groups excluding carboxylic acids is 1. The molecule has 0 fully saturated rings. The van der Waals surface area contributed by atoms with Crippen molar-refractivity contribution in [2.24, 2.45) is 0 Å². The van der Waals surface area contributed by atoms with Crippen molar-refractivity contribution >= 4 is 17.2 Å². The van der Waals surface area contributed by atoms with E-state index in [9.17, 15) is 4.79 Å². The summed E-state index contributed by atoms with van der Waals surface area (Å²) < 4.78 is 0. The number of hydrogen-bond acceptors (Lipinski definition) is 4. The van der Waals surface area contributed by atoms with E-state index >= 15 is 0 Å². The van der Waals surface area contributed by atoms with Crippen LogP contribution in [0.3, 0.4) is 0 Å². The first-order chi connectivity index (χ1) is 8.59. The third kappa shape index (κ3) is 2.56. The minimum atomic E-state index is -0.0522. The predicted molar refractivity (Wildman–Crippen MR) is 71.6 cm³/mol. The quantitative estimate of drug-likeness (QED) is 0.853. The first kappa shape index (κ1) is 12.7. The largest absolute Gasteiger partial charge is 0.334 e. The Morgan fingerprint density at radius 1 is 1.39 bits per heavy atom. The van der Waals surface area contributed by atoms with Gasteiger partial charge in [0, 0.05) is 24.8 Å². The van der Waals surface area contributed by atoms with Gasteiger partial charge in [-0.15, -0.1) is 11.3 Å². The summed E-state index contributed by atoms with van der Waals surface area (Å²) in [4.78, 5) is 22.1. The maximum absolute atomic E-state index is 12.2. The van der Waals surface area contributed by atoms with Gasteiger partial charge in [-0.25, -0.2) is 4.98 Å². The molecule has 0 saturated heterocycles. The van der Waals surface area contributed by atoms with E-state index in [1.54, 1.807) is 29.7 Å². The first-order valence-electron chi connectivity index (χ1n) is 5.69. The summed E-state index contributed by atoms with van der Waals surface area (Å²) >= 11 is 1.49. The Labute approximate surface area is 110 Å². The zero-order chi connectivity index (χ0) is 13.1. The van der Waals surface area contributed by atoms with E-state index in [1.165, 1.54) is 11.3 Å². The van der Waals surface area contributed by atoms with Crippen molar-refractivity contribution in [1.29, 1.82) is 0 Å². The highest BCUT2D eigenvalue weighted by Crippen LogP contribution is 2.20. The molecule has 0 saturated carbocycles. The molecule has 4 nitrogen and oxygen atoms in total. The van der Waals surface area contributed by atoms with Crippen molar-refractivity contribution in [3.63, 3.8) is 0 Å². The van der Waals surface area contributed by atoms with Gasteiger partial charge in [0.1, 0.15) is 5.69 Å². The molecule has 0 radical (unpaired) electrons. The Morgan fingerprint density at radius 3 is 2.61 bits per heavy atom. The number of aryl methyl sites for hydroxylation is 1. The van der Waals surface area contributed by atoms with Gasteiger partial charge in [-0.1, -0.05) is 0 Å². The van der Waals surface area contributed by atoms with E-state index in [1.807, 2.05) is 26.0 Å². The number of nitrogens with zero attached hydrogens (tertiary/aromatic N) is 3. The molecule has 1 atom stereocenters. The first-order valence-corrected chi connectivity index (χ1v) is 6.56. The molecule has 2 heterocycles. The number of amides is 1. The van der Waals surface area contributed by atoms with Gasteiger partial charge in [-0.05, 0) is 31.5 Å². The number of hydrogen-bond donors (Lipinski definition) is 0. The van der Waals surface area contributed by atoms with E-state index in [0.29, 0.717) is 5.69 Å². The molecule has 0 unspecified atom stereocenters. The van der Waals surface area contributed by atoms with Crippen molar-refractivity contribution in [3.8, 4) is 0 Å². The summed E-state index contributed by atoms with van der Waals surface area (Å²) in [7, 11) is 1.79. The molecule has 94 valence electrons. The predicted octanol–water partition coefficient (Wildman–Crippen LogP) is 2.68. The fraction of sp³-hybridized carbons (Fsp3) is 0.308. The lowest BCUT2D eigenvalue weighted by Crippen LogP contribution is -2.29. The molecule has 0 spiro atoms. The molecule has 0 aliphatic heterocycles. The molecule has 2 aromatic rings. The van der Waals surface area contributed by atoms with Crippen molar-refractivity contribution in [3.05, 3.63) is 46.2 Å². The summed E-state index contributed by atoms with van der Waals surface area (Å²) in [6.07, 6.45) is 3.47. The van der Waals surface area contributed by atoms with Crippen LogP contribution in [-0.2, 0) is 0 Å². The van der Waals surface area contributed by atoms with Gasteiger partial charge in [-0.2, -0.15) is 0 Å². The van der Waals surface area contributed by atoms with E-state index in [2.05, 4.69) is 9.97 Å². The monoisotopic (exact) mass is 261 g/mol. The average molecular weight is 261 g/mol. The lowest BCUT2D eigenvalue weighted by molar-refractivity contribution is 0.0737. The third-order valence-corrected chi connectivity index (χ3v) is 3.70. The Morgan fingerprint density at radius 2 is 2.06 bits per heavy atom. The Balaban J connectivity index is 2.16. The van der Waals surface area contributed by atoms with Crippen molar-refractivity contribution in [2.75, 3.05) is 7.05 Å². The molecule has 18 heavy (non-hydrogen) atoms. The molecule has 0 bridgehead atoms. The van der Waals surface area contributed by atoms with Crippen LogP contribution in [0.25, 0.3) is 0 Å². The molecular weight excluding hydrogens is 246 g/mol. The maximum Gasteiger partial charge on any atom is 0.273 e. The zero-order valence-corrected chi connectivity index (χ0v) is 11.4. The highest BCUT2D eigenvalue weighted by atomic mass is 32.1. The second kappa shape index (κ2) is 5.27. The van der Waals surface area contributed by atoms with Crippen LogP contribution >= 0.6 is 11.3 Å². The Bertz CT molecular complexity index is 538. The minimum absolute atomic E-state index is 0.00232. The lowest BCUT2D eigenvalue weighted by Gasteiger charge is -2.24. The van der Waals surface area contributed by atoms with Crippen LogP contribution in [0.5, 0.6) is 0 Å². The van der Waals surface area contributed by atoms with Crippen molar-refractivity contribution < 1.29 is 4.79 Å². The maximum atomic E-state index is 12.2. The molecule has 0 aliphatic rings. The van der Waals surface area contributed by atoms with Crippen LogP contribution in [0.1, 0.15) is 34.0 Å². The van der Waals surface area contributed by atoms with E-state index in [-0.39, 0.29) is 11.9 Å². The standard InChI is InChI=1S/C13H15N3OS/c1-9(11-4-6-14-7-5-11)16(3)13(17)12-8-18-10(2)15-12/h4-9H,1-3H3/t9-/m1/s1. The molecule has 5 heteroatoms. The van der Waals surface area contributed by atoms with Crippen molar-refractivity contribution in [1.82, 2.24) is 14.9 Å². The number of rotatable bonds is 3. The van der Waals surface area contributed by atoms with Gasteiger partial charge in [0.15, 0.2) is 0 Å². The molecule has 0 aliphatic carbocycles. The molecule has 2 aromatic heterocycles. The molecular formula is C13H15N3OS. The highest BCUT2D eigenvalue weighted by molar-refractivity contribution is 7.09. The van der Waals surface area contributed by atoms with Crippen LogP contribution in [0.15, 0.2) is 29.9 Å². The van der Waals surface area contributed by atoms with Crippen LogP contribution in [0.2, 0.25) is 0 Å². The van der Waals surface area contributed by atoms with Crippen molar-refractivity contribution in [2.45, 2.75) is 19.9 Å². The summed E-state index contributed by atoms with van der Waals surface area (Å²) in [6, 6.07) is 3.84. The molecule has 2 rings (SSSR count). The summed E-state index contributed by atoms with van der Waals surface area (Å²) in [5.74, 6) is -0.0522. The van der Waals surface area contributed by atoms with Crippen LogP contribution in [0.4, 0.5) is 0 Å².